The maximum atomic E-state index is 13.1. The first-order chi connectivity index (χ1) is 15.0. The summed E-state index contributed by atoms with van der Waals surface area (Å²) in [7, 11) is -1.67. The first kappa shape index (κ1) is 22.7. The number of carbonyl (C=O) groups is 1. The van der Waals surface area contributed by atoms with Crippen LogP contribution in [0, 0.1) is 0 Å². The van der Waals surface area contributed by atoms with E-state index in [0.717, 1.165) is 11.4 Å². The molecule has 0 unspecified atom stereocenters. The smallest absolute Gasteiger partial charge is 0.243 e. The van der Waals surface area contributed by atoms with Gasteiger partial charge in [-0.05, 0) is 49.7 Å². The fourth-order valence-electron chi connectivity index (χ4n) is 4.73. The maximum absolute atomic E-state index is 13.1. The van der Waals surface area contributed by atoms with Crippen molar-refractivity contribution in [3.05, 3.63) is 71.4 Å². The number of benzene rings is 2. The number of sulfonamides is 1. The van der Waals surface area contributed by atoms with E-state index in [4.69, 9.17) is 4.74 Å². The maximum Gasteiger partial charge on any atom is 0.243 e. The number of hydrogen-bond acceptors (Lipinski definition) is 5. The lowest BCUT2D eigenvalue weighted by molar-refractivity contribution is -0.0440. The number of rotatable bonds is 4. The Hall–Kier alpha value is -2.48. The van der Waals surface area contributed by atoms with Crippen LogP contribution >= 0.6 is 0 Å². The Labute approximate surface area is 190 Å². The second-order valence-electron chi connectivity index (χ2n) is 9.20. The minimum absolute atomic E-state index is 0.148. The Morgan fingerprint density at radius 3 is 2.22 bits per heavy atom. The lowest BCUT2D eigenvalue weighted by Gasteiger charge is -2.34. The van der Waals surface area contributed by atoms with Crippen molar-refractivity contribution in [1.82, 2.24) is 4.31 Å². The third-order valence-electron chi connectivity index (χ3n) is 6.37. The minimum atomic E-state index is -3.64. The molecule has 0 aliphatic carbocycles. The molecule has 0 N–H and O–H groups in total. The van der Waals surface area contributed by atoms with E-state index in [1.165, 1.54) is 22.0 Å². The molecule has 170 valence electrons. The van der Waals surface area contributed by atoms with E-state index in [2.05, 4.69) is 26.0 Å². The second-order valence-corrected chi connectivity index (χ2v) is 11.1. The molecule has 7 heteroatoms. The summed E-state index contributed by atoms with van der Waals surface area (Å²) in [4.78, 5) is 15.3. The molecule has 32 heavy (non-hydrogen) atoms. The van der Waals surface area contributed by atoms with Crippen LogP contribution in [0.4, 0.5) is 5.69 Å². The summed E-state index contributed by atoms with van der Waals surface area (Å²) in [5.41, 5.74) is 3.34. The molecule has 6 nitrogen and oxygen atoms in total. The van der Waals surface area contributed by atoms with Gasteiger partial charge >= 0.3 is 0 Å². The van der Waals surface area contributed by atoms with Gasteiger partial charge in [-0.2, -0.15) is 4.31 Å². The van der Waals surface area contributed by atoms with Gasteiger partial charge in [0.25, 0.3) is 0 Å². The molecule has 0 amide bonds. The molecule has 2 aliphatic rings. The molecule has 0 saturated carbocycles. The number of ether oxygens (including phenoxy) is 1. The number of allylic oxidation sites excluding steroid dienone is 2. The zero-order valence-electron chi connectivity index (χ0n) is 19.2. The third kappa shape index (κ3) is 3.89. The predicted octanol–water partition coefficient (Wildman–Crippen LogP) is 3.98. The molecule has 4 rings (SSSR count). The highest BCUT2D eigenvalue weighted by atomic mass is 32.2. The van der Waals surface area contributed by atoms with Gasteiger partial charge in [0.05, 0.1) is 17.1 Å². The topological polar surface area (TPSA) is 66.9 Å². The fraction of sp³-hybridized carbons (Fsp3) is 0.400. The van der Waals surface area contributed by atoms with Crippen LogP contribution in [0.25, 0.3) is 0 Å². The second kappa shape index (κ2) is 8.14. The van der Waals surface area contributed by atoms with Crippen LogP contribution in [0.5, 0.6) is 0 Å². The monoisotopic (exact) mass is 454 g/mol. The summed E-state index contributed by atoms with van der Waals surface area (Å²) in [6.45, 7) is 8.59. The molecule has 0 spiro atoms. The average molecular weight is 455 g/mol. The van der Waals surface area contributed by atoms with E-state index in [-0.39, 0.29) is 28.3 Å². The summed E-state index contributed by atoms with van der Waals surface area (Å²) in [5.74, 6) is -0.148. The zero-order valence-corrected chi connectivity index (χ0v) is 20.0. The largest absolute Gasteiger partial charge is 0.373 e. The van der Waals surface area contributed by atoms with Gasteiger partial charge in [0.2, 0.25) is 10.0 Å². The van der Waals surface area contributed by atoms with Gasteiger partial charge in [-0.1, -0.05) is 32.0 Å². The van der Waals surface area contributed by atoms with E-state index < -0.39 is 10.0 Å². The standard InChI is InChI=1S/C25H30N2O4S/c1-17-15-27(16-18(2)31-17)32(29,30)20-12-10-19(11-13-20)23(28)14-24-25(3,4)21-8-6-7-9-22(21)26(24)5/h6-14,17-18H,15-16H2,1-5H3/b24-14+/t17-,18-/m1/s1. The van der Waals surface area contributed by atoms with Crippen molar-refractivity contribution in [3.8, 4) is 0 Å². The highest BCUT2D eigenvalue weighted by Crippen LogP contribution is 2.46. The van der Waals surface area contributed by atoms with Crippen LogP contribution in [0.15, 0.2) is 65.2 Å². The Morgan fingerprint density at radius 2 is 1.62 bits per heavy atom. The Morgan fingerprint density at radius 1 is 1.03 bits per heavy atom. The zero-order chi connectivity index (χ0) is 23.3. The molecular weight excluding hydrogens is 424 g/mol. The molecule has 2 aromatic carbocycles. The molecule has 1 fully saturated rings. The number of morpholine rings is 1. The van der Waals surface area contributed by atoms with Crippen LogP contribution in [-0.4, -0.2) is 50.9 Å². The lowest BCUT2D eigenvalue weighted by Crippen LogP contribution is -2.48. The summed E-state index contributed by atoms with van der Waals surface area (Å²) in [6, 6.07) is 14.4. The normalized spacial score (nSPS) is 24.5. The molecule has 2 heterocycles. The molecule has 2 aromatic rings. The molecule has 2 atom stereocenters. The fourth-order valence-corrected chi connectivity index (χ4v) is 6.32. The van der Waals surface area contributed by atoms with Gasteiger partial charge in [0.15, 0.2) is 5.78 Å². The number of para-hydroxylation sites is 1. The Bertz CT molecular complexity index is 1160. The van der Waals surface area contributed by atoms with Crippen molar-refractivity contribution in [1.29, 1.82) is 0 Å². The van der Waals surface area contributed by atoms with Gasteiger partial charge in [-0.3, -0.25) is 4.79 Å². The van der Waals surface area contributed by atoms with Crippen LogP contribution < -0.4 is 4.90 Å². The molecule has 1 saturated heterocycles. The number of fused-ring (bicyclic) bond motifs is 1. The first-order valence-electron chi connectivity index (χ1n) is 10.9. The van der Waals surface area contributed by atoms with Crippen LogP contribution in [0.3, 0.4) is 0 Å². The summed E-state index contributed by atoms with van der Waals surface area (Å²) >= 11 is 0. The van der Waals surface area contributed by atoms with Crippen molar-refractivity contribution in [2.45, 2.75) is 50.2 Å². The highest BCUT2D eigenvalue weighted by molar-refractivity contribution is 7.89. The highest BCUT2D eigenvalue weighted by Gasteiger charge is 2.38. The van der Waals surface area contributed by atoms with Crippen molar-refractivity contribution >= 4 is 21.5 Å². The number of hydrogen-bond donors (Lipinski definition) is 0. The van der Waals surface area contributed by atoms with E-state index in [1.807, 2.05) is 37.9 Å². The number of ketones is 1. The average Bonchev–Trinajstić information content (AvgIpc) is 2.94. The Kier molecular flexibility index (Phi) is 5.77. The minimum Gasteiger partial charge on any atom is -0.373 e. The quantitative estimate of drug-likeness (QED) is 0.516. The van der Waals surface area contributed by atoms with Crippen molar-refractivity contribution in [2.24, 2.45) is 0 Å². The molecule has 0 radical (unpaired) electrons. The van der Waals surface area contributed by atoms with Gasteiger partial charge in [0, 0.05) is 48.6 Å². The van der Waals surface area contributed by atoms with Gasteiger partial charge in [0.1, 0.15) is 0 Å². The predicted molar refractivity (Wildman–Crippen MR) is 125 cm³/mol. The summed E-state index contributed by atoms with van der Waals surface area (Å²) in [5, 5.41) is 0. The summed E-state index contributed by atoms with van der Waals surface area (Å²) < 4.78 is 33.2. The first-order valence-corrected chi connectivity index (χ1v) is 12.3. The third-order valence-corrected chi connectivity index (χ3v) is 8.22. The van der Waals surface area contributed by atoms with Crippen LogP contribution in [0.1, 0.15) is 43.6 Å². The lowest BCUT2D eigenvalue weighted by atomic mass is 9.83. The van der Waals surface area contributed by atoms with Crippen molar-refractivity contribution in [3.63, 3.8) is 0 Å². The van der Waals surface area contributed by atoms with Gasteiger partial charge in [-0.15, -0.1) is 0 Å². The number of likely N-dealkylation sites (N-methyl/N-ethyl adjacent to an activating group) is 1. The van der Waals surface area contributed by atoms with E-state index in [9.17, 15) is 13.2 Å². The van der Waals surface area contributed by atoms with Crippen LogP contribution in [0.2, 0.25) is 0 Å². The molecule has 0 bridgehead atoms. The van der Waals surface area contributed by atoms with Crippen molar-refractivity contribution in [2.75, 3.05) is 25.0 Å². The van der Waals surface area contributed by atoms with Gasteiger partial charge in [-0.25, -0.2) is 8.42 Å². The summed E-state index contributed by atoms with van der Waals surface area (Å²) in [6.07, 6.45) is 1.35. The van der Waals surface area contributed by atoms with Crippen LogP contribution in [-0.2, 0) is 20.2 Å². The molecule has 2 aliphatic heterocycles. The number of anilines is 1. The van der Waals surface area contributed by atoms with E-state index >= 15 is 0 Å². The molecule has 0 aromatic heterocycles. The molecular formula is C25H30N2O4S. The SMILES string of the molecule is C[C@@H]1CN(S(=O)(=O)c2ccc(C(=O)/C=C3/N(C)c4ccccc4C3(C)C)cc2)C[C@@H](C)O1. The Balaban J connectivity index is 1.58. The van der Waals surface area contributed by atoms with E-state index in [1.54, 1.807) is 18.2 Å². The van der Waals surface area contributed by atoms with Crippen molar-refractivity contribution < 1.29 is 17.9 Å². The number of carbonyl (C=O) groups excluding carboxylic acids is 1. The van der Waals surface area contributed by atoms with E-state index in [0.29, 0.717) is 18.7 Å². The van der Waals surface area contributed by atoms with Gasteiger partial charge < -0.3 is 9.64 Å². The number of nitrogens with zero attached hydrogens (tertiary/aromatic N) is 2.